The third-order valence-electron chi connectivity index (χ3n) is 7.78. The molecule has 0 saturated heterocycles. The maximum absolute atomic E-state index is 13.7. The molecule has 2 atom stereocenters. The lowest BCUT2D eigenvalue weighted by Gasteiger charge is -2.31. The predicted molar refractivity (Wildman–Crippen MR) is 148 cm³/mol. The Hall–Kier alpha value is -4.32. The van der Waals surface area contributed by atoms with Crippen molar-refractivity contribution < 1.29 is 27.8 Å². The topological polar surface area (TPSA) is 132 Å². The van der Waals surface area contributed by atoms with Crippen molar-refractivity contribution in [3.05, 3.63) is 47.0 Å². The van der Waals surface area contributed by atoms with E-state index in [9.17, 15) is 18.4 Å². The zero-order valence-corrected chi connectivity index (χ0v) is 24.8. The van der Waals surface area contributed by atoms with Crippen LogP contribution in [0.15, 0.2) is 24.8 Å². The number of hydrogen-bond acceptors (Lipinski definition) is 8. The number of ether oxygens (including phenoxy) is 2. The van der Waals surface area contributed by atoms with E-state index in [0.717, 1.165) is 0 Å². The number of hydrogen-bond donors (Lipinski definition) is 0. The van der Waals surface area contributed by atoms with Gasteiger partial charge in [-0.25, -0.2) is 8.78 Å². The Bertz CT molecular complexity index is 1290. The Balaban J connectivity index is 0.000000230. The summed E-state index contributed by atoms with van der Waals surface area (Å²) >= 11 is 0. The molecule has 2 aliphatic heterocycles. The number of aromatic nitrogens is 2. The highest BCUT2D eigenvalue weighted by molar-refractivity contribution is 5.83. The molecule has 2 aromatic rings. The normalized spacial score (nSPS) is 16.2. The van der Waals surface area contributed by atoms with Gasteiger partial charge in [0.05, 0.1) is 37.0 Å². The van der Waals surface area contributed by atoms with Gasteiger partial charge in [0.25, 0.3) is 0 Å². The van der Waals surface area contributed by atoms with Crippen LogP contribution in [0.5, 0.6) is 11.5 Å². The fourth-order valence-corrected chi connectivity index (χ4v) is 4.30. The lowest BCUT2D eigenvalue weighted by molar-refractivity contribution is -0.145. The molecule has 0 unspecified atom stereocenters. The van der Waals surface area contributed by atoms with E-state index in [2.05, 4.69) is 9.97 Å². The van der Waals surface area contributed by atoms with Gasteiger partial charge in [-0.1, -0.05) is 0 Å². The van der Waals surface area contributed by atoms with Crippen LogP contribution in [0, 0.1) is 33.5 Å². The maximum Gasteiger partial charge on any atom is 0.231 e. The molecule has 0 N–H and O–H groups in total. The lowest BCUT2D eigenvalue weighted by Crippen LogP contribution is -2.45. The van der Waals surface area contributed by atoms with Gasteiger partial charge in [0.15, 0.2) is 0 Å². The molecule has 42 heavy (non-hydrogen) atoms. The van der Waals surface area contributed by atoms with E-state index in [0.29, 0.717) is 46.8 Å². The van der Waals surface area contributed by atoms with Crippen LogP contribution < -0.4 is 9.47 Å². The van der Waals surface area contributed by atoms with Crippen LogP contribution in [0.2, 0.25) is 0 Å². The highest BCUT2D eigenvalue weighted by Crippen LogP contribution is 2.32. The minimum Gasteiger partial charge on any atom is -0.490 e. The van der Waals surface area contributed by atoms with Gasteiger partial charge in [-0.3, -0.25) is 19.6 Å². The van der Waals surface area contributed by atoms with Crippen LogP contribution in [0.4, 0.5) is 8.78 Å². The summed E-state index contributed by atoms with van der Waals surface area (Å²) in [6.07, 6.45) is 3.52. The average Bonchev–Trinajstić information content (AvgIpc) is 3.32. The Labute approximate surface area is 244 Å². The number of carbonyl (C=O) groups excluding carboxylic acids is 2. The number of halogens is 2. The lowest BCUT2D eigenvalue weighted by atomic mass is 9.86. The number of alkyl halides is 2. The average molecular weight is 583 g/mol. The Morgan fingerprint density at radius 3 is 1.45 bits per heavy atom. The Morgan fingerprint density at radius 2 is 1.14 bits per heavy atom. The molecule has 10 nitrogen and oxygen atoms in total. The molecular weight excluding hydrogens is 546 g/mol. The van der Waals surface area contributed by atoms with Gasteiger partial charge < -0.3 is 19.3 Å². The van der Waals surface area contributed by atoms with E-state index in [-0.39, 0.29) is 38.1 Å². The molecule has 2 aromatic heterocycles. The fraction of sp³-hybridized carbons (Fsp3) is 0.533. The van der Waals surface area contributed by atoms with Gasteiger partial charge in [0, 0.05) is 35.9 Å². The second kappa shape index (κ2) is 13.1. The van der Waals surface area contributed by atoms with E-state index in [1.165, 1.54) is 26.2 Å². The van der Waals surface area contributed by atoms with Crippen LogP contribution in [-0.4, -0.2) is 70.2 Å². The van der Waals surface area contributed by atoms with Gasteiger partial charge in [0.2, 0.25) is 11.8 Å². The van der Waals surface area contributed by atoms with Crippen LogP contribution in [0.25, 0.3) is 0 Å². The zero-order chi connectivity index (χ0) is 31.2. The highest BCUT2D eigenvalue weighted by Gasteiger charge is 2.39. The Morgan fingerprint density at radius 1 is 0.786 bits per heavy atom. The molecule has 2 aliphatic rings. The first-order valence-electron chi connectivity index (χ1n) is 13.6. The predicted octanol–water partition coefficient (Wildman–Crippen LogP) is 4.12. The summed E-state index contributed by atoms with van der Waals surface area (Å²) in [5.74, 6) is 0.399. The van der Waals surface area contributed by atoms with Crippen LogP contribution in [0.3, 0.4) is 0 Å². The monoisotopic (exact) mass is 582 g/mol. The van der Waals surface area contributed by atoms with E-state index < -0.39 is 23.2 Å². The van der Waals surface area contributed by atoms with Crippen molar-refractivity contribution in [2.75, 3.05) is 26.3 Å². The van der Waals surface area contributed by atoms with Gasteiger partial charge in [-0.2, -0.15) is 10.5 Å². The number of amides is 2. The molecule has 2 amide bonds. The molecule has 0 fully saturated rings. The molecule has 0 bridgehead atoms. The van der Waals surface area contributed by atoms with Gasteiger partial charge in [0.1, 0.15) is 60.3 Å². The number of nitriles is 2. The minimum absolute atomic E-state index is 0.267. The van der Waals surface area contributed by atoms with Crippen molar-refractivity contribution in [3.63, 3.8) is 0 Å². The van der Waals surface area contributed by atoms with Gasteiger partial charge >= 0.3 is 0 Å². The SMILES string of the molecule is C[C@@H](F)C(C)(C)C(=O)N1CCOc2c(C#N)cncc2C1.C[C@H](F)C(C)(C)C(=O)N1CCOc2c(C#N)cncc2C1. The fourth-order valence-electron chi connectivity index (χ4n) is 4.30. The number of pyridine rings is 2. The number of nitrogens with zero attached hydrogens (tertiary/aromatic N) is 6. The van der Waals surface area contributed by atoms with Gasteiger partial charge in [-0.15, -0.1) is 0 Å². The number of carbonyl (C=O) groups is 2. The molecule has 4 rings (SSSR count). The first kappa shape index (κ1) is 32.2. The molecule has 0 aliphatic carbocycles. The summed E-state index contributed by atoms with van der Waals surface area (Å²) in [7, 11) is 0. The number of fused-ring (bicyclic) bond motifs is 2. The second-order valence-electron chi connectivity index (χ2n) is 11.4. The first-order valence-corrected chi connectivity index (χ1v) is 13.6. The molecule has 4 heterocycles. The standard InChI is InChI=1S/2C15H18FN3O2/c2*1-10(16)15(2,3)14(20)19-4-5-21-13-11(6-17)7-18-8-12(13)9-19/h2*7-8,10H,4-5,9H2,1-3H3/t2*10-/m10/s1. The van der Waals surface area contributed by atoms with Crippen molar-refractivity contribution in [1.82, 2.24) is 19.8 Å². The van der Waals surface area contributed by atoms with E-state index >= 15 is 0 Å². The highest BCUT2D eigenvalue weighted by atomic mass is 19.1. The number of rotatable bonds is 4. The third-order valence-corrected chi connectivity index (χ3v) is 7.78. The first-order chi connectivity index (χ1) is 19.7. The third kappa shape index (κ3) is 6.76. The van der Waals surface area contributed by atoms with Gasteiger partial charge in [-0.05, 0) is 41.5 Å². The summed E-state index contributed by atoms with van der Waals surface area (Å²) < 4.78 is 38.5. The van der Waals surface area contributed by atoms with Crippen molar-refractivity contribution in [3.8, 4) is 23.6 Å². The van der Waals surface area contributed by atoms with Crippen LogP contribution >= 0.6 is 0 Å². The van der Waals surface area contributed by atoms with Crippen LogP contribution in [0.1, 0.15) is 63.8 Å². The summed E-state index contributed by atoms with van der Waals surface area (Å²) in [5, 5.41) is 18.1. The van der Waals surface area contributed by atoms with E-state index in [1.54, 1.807) is 49.9 Å². The molecule has 0 radical (unpaired) electrons. The summed E-state index contributed by atoms with van der Waals surface area (Å²) in [4.78, 5) is 36.1. The summed E-state index contributed by atoms with van der Waals surface area (Å²) in [5.41, 5.74) is -0.153. The maximum atomic E-state index is 13.7. The van der Waals surface area contributed by atoms with E-state index in [1.807, 2.05) is 12.1 Å². The van der Waals surface area contributed by atoms with E-state index in [4.69, 9.17) is 20.0 Å². The second-order valence-corrected chi connectivity index (χ2v) is 11.4. The zero-order valence-electron chi connectivity index (χ0n) is 24.8. The summed E-state index contributed by atoms with van der Waals surface area (Å²) in [6, 6.07) is 4.05. The summed E-state index contributed by atoms with van der Waals surface area (Å²) in [6.45, 7) is 10.9. The minimum atomic E-state index is -1.25. The molecular formula is C30H36F2N6O4. The molecule has 224 valence electrons. The smallest absolute Gasteiger partial charge is 0.231 e. The van der Waals surface area contributed by atoms with Crippen molar-refractivity contribution in [1.29, 1.82) is 10.5 Å². The van der Waals surface area contributed by atoms with Crippen molar-refractivity contribution in [2.45, 2.75) is 67.0 Å². The largest absolute Gasteiger partial charge is 0.490 e. The molecule has 12 heteroatoms. The quantitative estimate of drug-likeness (QED) is 0.526. The Kier molecular flexibility index (Phi) is 10.1. The molecule has 0 spiro atoms. The van der Waals surface area contributed by atoms with Crippen molar-refractivity contribution >= 4 is 11.8 Å². The molecule has 0 saturated carbocycles. The van der Waals surface area contributed by atoms with Crippen LogP contribution in [-0.2, 0) is 22.7 Å². The van der Waals surface area contributed by atoms with Crippen molar-refractivity contribution in [2.24, 2.45) is 10.8 Å². The molecule has 0 aromatic carbocycles.